The minimum Gasteiger partial charge on any atom is -0.467 e. The average molecular weight is 226 g/mol. The van der Waals surface area contributed by atoms with Gasteiger partial charge in [0.2, 0.25) is 5.95 Å². The highest BCUT2D eigenvalue weighted by molar-refractivity contribution is 5.73. The first-order chi connectivity index (χ1) is 8.42. The third kappa shape index (κ3) is 2.08. The molecule has 0 aliphatic rings. The molecule has 5 nitrogen and oxygen atoms in total. The summed E-state index contributed by atoms with van der Waals surface area (Å²) >= 11 is 0. The van der Waals surface area contributed by atoms with Gasteiger partial charge in [-0.1, -0.05) is 12.1 Å². The summed E-state index contributed by atoms with van der Waals surface area (Å²) in [6.45, 7) is 0.549. The van der Waals surface area contributed by atoms with Crippen molar-refractivity contribution in [3.63, 3.8) is 0 Å². The summed E-state index contributed by atoms with van der Waals surface area (Å²) in [4.78, 5) is 4.35. The Bertz CT molecular complexity index is 621. The topological polar surface area (TPSA) is 63.8 Å². The Kier molecular flexibility index (Phi) is 2.42. The van der Waals surface area contributed by atoms with Crippen molar-refractivity contribution < 1.29 is 4.42 Å². The predicted molar refractivity (Wildman–Crippen MR) is 63.4 cm³/mol. The lowest BCUT2D eigenvalue weighted by Gasteiger charge is -2.02. The molecule has 1 aromatic carbocycles. The van der Waals surface area contributed by atoms with E-state index in [2.05, 4.69) is 20.5 Å². The van der Waals surface area contributed by atoms with E-state index < -0.39 is 0 Å². The van der Waals surface area contributed by atoms with E-state index in [1.165, 1.54) is 0 Å². The normalized spacial score (nSPS) is 10.6. The van der Waals surface area contributed by atoms with Crippen LogP contribution < -0.4 is 5.32 Å². The van der Waals surface area contributed by atoms with Gasteiger partial charge in [0.1, 0.15) is 11.3 Å². The van der Waals surface area contributed by atoms with Crippen LogP contribution in [-0.2, 0) is 6.54 Å². The Morgan fingerprint density at radius 1 is 1.00 bits per heavy atom. The molecule has 0 fully saturated rings. The number of hydrogen-bond donors (Lipinski definition) is 1. The first-order valence-electron chi connectivity index (χ1n) is 5.27. The number of nitrogens with zero attached hydrogens (tertiary/aromatic N) is 3. The Morgan fingerprint density at radius 3 is 2.71 bits per heavy atom. The van der Waals surface area contributed by atoms with E-state index in [0.717, 1.165) is 16.8 Å². The number of nitrogens with one attached hydrogen (secondary N) is 1. The van der Waals surface area contributed by atoms with Crippen LogP contribution in [0.3, 0.4) is 0 Å². The largest absolute Gasteiger partial charge is 0.467 e. The number of benzene rings is 1. The van der Waals surface area contributed by atoms with E-state index in [-0.39, 0.29) is 0 Å². The molecule has 3 aromatic rings. The lowest BCUT2D eigenvalue weighted by atomic mass is 10.3. The summed E-state index contributed by atoms with van der Waals surface area (Å²) in [5, 5.41) is 11.1. The van der Waals surface area contributed by atoms with Crippen LogP contribution in [0, 0.1) is 0 Å². The molecule has 0 aliphatic carbocycles. The second kappa shape index (κ2) is 4.21. The maximum Gasteiger partial charge on any atom is 0.243 e. The molecular formula is C12H10N4O. The molecule has 84 valence electrons. The van der Waals surface area contributed by atoms with Gasteiger partial charge in [-0.2, -0.15) is 0 Å². The standard InChI is InChI=1S/C12H10N4O/c1-2-6-11-10(5-1)14-12(16-15-11)13-8-9-4-3-7-17-9/h1-7H,8H2,(H,13,14,16). The lowest BCUT2D eigenvalue weighted by Crippen LogP contribution is -2.04. The van der Waals surface area contributed by atoms with Crippen LogP contribution in [0.15, 0.2) is 47.1 Å². The zero-order chi connectivity index (χ0) is 11.5. The van der Waals surface area contributed by atoms with Crippen molar-refractivity contribution in [3.05, 3.63) is 48.4 Å². The van der Waals surface area contributed by atoms with Crippen LogP contribution in [0.25, 0.3) is 11.0 Å². The lowest BCUT2D eigenvalue weighted by molar-refractivity contribution is 0.517. The van der Waals surface area contributed by atoms with Crippen LogP contribution >= 0.6 is 0 Å². The van der Waals surface area contributed by atoms with Crippen LogP contribution in [0.2, 0.25) is 0 Å². The van der Waals surface area contributed by atoms with Gasteiger partial charge in [0.15, 0.2) is 0 Å². The number of fused-ring (bicyclic) bond motifs is 1. The van der Waals surface area contributed by atoms with E-state index in [4.69, 9.17) is 4.42 Å². The predicted octanol–water partition coefficient (Wildman–Crippen LogP) is 2.23. The first-order valence-corrected chi connectivity index (χ1v) is 5.27. The molecule has 0 radical (unpaired) electrons. The quantitative estimate of drug-likeness (QED) is 0.741. The third-order valence-corrected chi connectivity index (χ3v) is 2.36. The van der Waals surface area contributed by atoms with Crippen molar-refractivity contribution in [2.75, 3.05) is 5.32 Å². The first kappa shape index (κ1) is 9.77. The molecule has 0 bridgehead atoms. The molecule has 5 heteroatoms. The Hall–Kier alpha value is -2.43. The zero-order valence-electron chi connectivity index (χ0n) is 9.00. The Labute approximate surface area is 97.5 Å². The molecule has 0 spiro atoms. The number of rotatable bonds is 3. The van der Waals surface area contributed by atoms with Crippen LogP contribution in [-0.4, -0.2) is 15.2 Å². The Morgan fingerprint density at radius 2 is 1.88 bits per heavy atom. The highest BCUT2D eigenvalue weighted by Gasteiger charge is 2.01. The molecule has 0 aliphatic heterocycles. The van der Waals surface area contributed by atoms with E-state index in [0.29, 0.717) is 12.5 Å². The second-order valence-electron chi connectivity index (χ2n) is 3.56. The summed E-state index contributed by atoms with van der Waals surface area (Å²) < 4.78 is 5.20. The molecule has 17 heavy (non-hydrogen) atoms. The molecule has 1 N–H and O–H groups in total. The van der Waals surface area contributed by atoms with Gasteiger partial charge in [-0.25, -0.2) is 4.98 Å². The highest BCUT2D eigenvalue weighted by atomic mass is 16.3. The van der Waals surface area contributed by atoms with Gasteiger partial charge in [-0.05, 0) is 24.3 Å². The summed E-state index contributed by atoms with van der Waals surface area (Å²) in [6.07, 6.45) is 1.64. The molecule has 0 saturated heterocycles. The van der Waals surface area contributed by atoms with Crippen molar-refractivity contribution in [2.24, 2.45) is 0 Å². The number of hydrogen-bond acceptors (Lipinski definition) is 5. The minimum atomic E-state index is 0.500. The van der Waals surface area contributed by atoms with Gasteiger partial charge >= 0.3 is 0 Å². The molecule has 3 rings (SSSR count). The van der Waals surface area contributed by atoms with Gasteiger partial charge < -0.3 is 9.73 Å². The van der Waals surface area contributed by atoms with Gasteiger partial charge in [0.05, 0.1) is 18.3 Å². The van der Waals surface area contributed by atoms with E-state index >= 15 is 0 Å². The maximum atomic E-state index is 5.20. The molecule has 0 amide bonds. The summed E-state index contributed by atoms with van der Waals surface area (Å²) in [5.41, 5.74) is 1.61. The minimum absolute atomic E-state index is 0.500. The molecule has 0 unspecified atom stereocenters. The Balaban J connectivity index is 1.81. The van der Waals surface area contributed by atoms with Crippen molar-refractivity contribution in [1.29, 1.82) is 0 Å². The van der Waals surface area contributed by atoms with Gasteiger partial charge in [0, 0.05) is 0 Å². The molecule has 0 saturated carbocycles. The molecule has 2 heterocycles. The van der Waals surface area contributed by atoms with E-state index in [1.807, 2.05) is 36.4 Å². The third-order valence-electron chi connectivity index (χ3n) is 2.36. The highest BCUT2D eigenvalue weighted by Crippen LogP contribution is 2.09. The SMILES string of the molecule is c1coc(CNc2nnc3ccccc3n2)c1. The second-order valence-corrected chi connectivity index (χ2v) is 3.56. The van der Waals surface area contributed by atoms with Crippen molar-refractivity contribution in [2.45, 2.75) is 6.54 Å². The number of anilines is 1. The number of para-hydroxylation sites is 1. The van der Waals surface area contributed by atoms with Crippen molar-refractivity contribution in [3.8, 4) is 0 Å². The summed E-state index contributed by atoms with van der Waals surface area (Å²) in [5.74, 6) is 1.34. The van der Waals surface area contributed by atoms with Crippen LogP contribution in [0.4, 0.5) is 5.95 Å². The average Bonchev–Trinajstić information content (AvgIpc) is 2.89. The maximum absolute atomic E-state index is 5.20. The van der Waals surface area contributed by atoms with Crippen molar-refractivity contribution >= 4 is 17.0 Å². The van der Waals surface area contributed by atoms with Gasteiger partial charge in [0.25, 0.3) is 0 Å². The monoisotopic (exact) mass is 226 g/mol. The summed E-state index contributed by atoms with van der Waals surface area (Å²) in [7, 11) is 0. The fourth-order valence-electron chi connectivity index (χ4n) is 1.54. The molecule has 2 aromatic heterocycles. The smallest absolute Gasteiger partial charge is 0.243 e. The molecule has 0 atom stereocenters. The summed E-state index contributed by atoms with van der Waals surface area (Å²) in [6, 6.07) is 11.4. The van der Waals surface area contributed by atoms with Gasteiger partial charge in [-0.3, -0.25) is 0 Å². The van der Waals surface area contributed by atoms with Crippen LogP contribution in [0.5, 0.6) is 0 Å². The molecular weight excluding hydrogens is 216 g/mol. The fourth-order valence-corrected chi connectivity index (χ4v) is 1.54. The van der Waals surface area contributed by atoms with Gasteiger partial charge in [-0.15, -0.1) is 10.2 Å². The van der Waals surface area contributed by atoms with E-state index in [1.54, 1.807) is 6.26 Å². The van der Waals surface area contributed by atoms with Crippen molar-refractivity contribution in [1.82, 2.24) is 15.2 Å². The fraction of sp³-hybridized carbons (Fsp3) is 0.0833. The number of aromatic nitrogens is 3. The zero-order valence-corrected chi connectivity index (χ0v) is 9.00. The van der Waals surface area contributed by atoms with E-state index in [9.17, 15) is 0 Å². The number of furan rings is 1. The van der Waals surface area contributed by atoms with Crippen LogP contribution in [0.1, 0.15) is 5.76 Å².